The van der Waals surface area contributed by atoms with Crippen LogP contribution in [0.3, 0.4) is 0 Å². The number of carbonyl (C=O) groups excluding carboxylic acids is 1. The normalized spacial score (nSPS) is 11.9. The van der Waals surface area contributed by atoms with Crippen molar-refractivity contribution in [2.45, 2.75) is 19.6 Å². The van der Waals surface area contributed by atoms with Crippen LogP contribution in [0.1, 0.15) is 18.1 Å². The number of nitrogens with zero attached hydrogens (tertiary/aromatic N) is 5. The summed E-state index contributed by atoms with van der Waals surface area (Å²) < 4.78 is 22.5. The number of carbonyl (C=O) groups is 1. The highest BCUT2D eigenvalue weighted by atomic mass is 16.6. The summed E-state index contributed by atoms with van der Waals surface area (Å²) in [6.45, 7) is 4.61. The average molecular weight is 341 g/mol. The molecular formula is C14H23N5O5. The third kappa shape index (κ3) is 9.23. The first-order chi connectivity index (χ1) is 11.8. The molecule has 0 aliphatic carbocycles. The van der Waals surface area contributed by atoms with Gasteiger partial charge in [-0.2, -0.15) is 0 Å². The summed E-state index contributed by atoms with van der Waals surface area (Å²) in [5.74, 6) is -0.157. The van der Waals surface area contributed by atoms with Crippen LogP contribution >= 0.6 is 0 Å². The number of aromatic nitrogens is 2. The van der Waals surface area contributed by atoms with Crippen molar-refractivity contribution in [2.24, 2.45) is 5.11 Å². The number of ether oxygens (including phenoxy) is 4. The van der Waals surface area contributed by atoms with Gasteiger partial charge in [0.2, 0.25) is 5.91 Å². The van der Waals surface area contributed by atoms with Gasteiger partial charge in [-0.1, -0.05) is 5.11 Å². The maximum absolute atomic E-state index is 11.7. The summed E-state index contributed by atoms with van der Waals surface area (Å²) in [7, 11) is 0. The molecule has 0 radical (unpaired) electrons. The van der Waals surface area contributed by atoms with E-state index < -0.39 is 6.23 Å². The van der Waals surface area contributed by atoms with Gasteiger partial charge in [0.25, 0.3) is 0 Å². The second-order valence-electron chi connectivity index (χ2n) is 4.53. The first-order valence-corrected chi connectivity index (χ1v) is 7.68. The molecule has 134 valence electrons. The Hall–Kier alpha value is -1.97. The van der Waals surface area contributed by atoms with Crippen molar-refractivity contribution in [3.8, 4) is 0 Å². The first-order valence-electron chi connectivity index (χ1n) is 7.68. The van der Waals surface area contributed by atoms with E-state index in [9.17, 15) is 4.79 Å². The Labute approximate surface area is 140 Å². The molecule has 0 fully saturated rings. The lowest BCUT2D eigenvalue weighted by Crippen LogP contribution is -2.21. The molecule has 0 aliphatic heterocycles. The first kappa shape index (κ1) is 20.1. The zero-order chi connectivity index (χ0) is 17.5. The van der Waals surface area contributed by atoms with Gasteiger partial charge in [-0.15, -0.1) is 0 Å². The van der Waals surface area contributed by atoms with E-state index >= 15 is 0 Å². The quantitative estimate of drug-likeness (QED) is 0.219. The fourth-order valence-electron chi connectivity index (χ4n) is 1.66. The molecule has 1 unspecified atom stereocenters. The Morgan fingerprint density at radius 2 is 2.00 bits per heavy atom. The Bertz CT molecular complexity index is 490. The lowest BCUT2D eigenvalue weighted by molar-refractivity contribution is -0.0329. The molecule has 24 heavy (non-hydrogen) atoms. The number of hydrogen-bond donors (Lipinski definition) is 0. The van der Waals surface area contributed by atoms with E-state index in [2.05, 4.69) is 15.0 Å². The zero-order valence-corrected chi connectivity index (χ0v) is 13.7. The van der Waals surface area contributed by atoms with Crippen molar-refractivity contribution in [2.75, 3.05) is 46.2 Å². The number of rotatable bonds is 14. The van der Waals surface area contributed by atoms with Crippen LogP contribution in [0.25, 0.3) is 10.4 Å². The van der Waals surface area contributed by atoms with Crippen molar-refractivity contribution in [1.29, 1.82) is 0 Å². The Morgan fingerprint density at radius 1 is 1.25 bits per heavy atom. The van der Waals surface area contributed by atoms with Crippen LogP contribution in [0.2, 0.25) is 0 Å². The largest absolute Gasteiger partial charge is 0.379 e. The van der Waals surface area contributed by atoms with Gasteiger partial charge >= 0.3 is 0 Å². The van der Waals surface area contributed by atoms with Crippen LogP contribution in [0.5, 0.6) is 0 Å². The minimum absolute atomic E-state index is 0.0954. The maximum atomic E-state index is 11.7. The summed E-state index contributed by atoms with van der Waals surface area (Å²) in [6.07, 6.45) is 3.86. The van der Waals surface area contributed by atoms with Gasteiger partial charge in [-0.05, 0) is 12.5 Å². The molecule has 0 amide bonds. The Kier molecular flexibility index (Phi) is 11.3. The van der Waals surface area contributed by atoms with Crippen molar-refractivity contribution >= 4 is 5.91 Å². The minimum Gasteiger partial charge on any atom is -0.379 e. The molecule has 0 saturated carbocycles. The Balaban J connectivity index is 2.10. The van der Waals surface area contributed by atoms with Gasteiger partial charge in [0.05, 0.1) is 46.1 Å². The monoisotopic (exact) mass is 341 g/mol. The molecular weight excluding hydrogens is 318 g/mol. The molecule has 1 rings (SSSR count). The fraction of sp³-hybridized carbons (Fsp3) is 0.714. The Morgan fingerprint density at radius 3 is 2.67 bits per heavy atom. The molecule has 1 aromatic rings. The van der Waals surface area contributed by atoms with Gasteiger partial charge in [0, 0.05) is 23.9 Å². The third-order valence-corrected chi connectivity index (χ3v) is 2.81. The summed E-state index contributed by atoms with van der Waals surface area (Å²) in [5, 5.41) is 3.48. The standard InChI is InChI=1S/C14H23N5O5/c1-2-21-7-8-22-9-10-23-11-13(17-18-15)24-6-3-14(20)19-5-4-16-12-19/h4-5,12-13H,2-3,6-11H2,1H3. The summed E-state index contributed by atoms with van der Waals surface area (Å²) in [5.41, 5.74) is 8.52. The smallest absolute Gasteiger partial charge is 0.234 e. The molecule has 0 saturated heterocycles. The number of hydrogen-bond acceptors (Lipinski definition) is 7. The molecule has 0 aromatic carbocycles. The molecule has 10 heteroatoms. The molecule has 0 spiro atoms. The van der Waals surface area contributed by atoms with Crippen LogP contribution in [-0.4, -0.2) is 67.9 Å². The zero-order valence-electron chi connectivity index (χ0n) is 13.7. The number of azide groups is 1. The molecule has 0 aliphatic rings. The molecule has 1 heterocycles. The van der Waals surface area contributed by atoms with Crippen molar-refractivity contribution in [1.82, 2.24) is 9.55 Å². The van der Waals surface area contributed by atoms with E-state index in [0.717, 1.165) is 0 Å². The molecule has 10 nitrogen and oxygen atoms in total. The predicted octanol–water partition coefficient (Wildman–Crippen LogP) is 1.64. The SMILES string of the molecule is CCOCCOCCOCC(N=[N+]=[N-])OCCC(=O)n1ccnc1. The van der Waals surface area contributed by atoms with E-state index in [4.69, 9.17) is 24.5 Å². The van der Waals surface area contributed by atoms with Crippen molar-refractivity contribution in [3.05, 3.63) is 29.2 Å². The van der Waals surface area contributed by atoms with Gasteiger partial charge in [0.1, 0.15) is 6.33 Å². The van der Waals surface area contributed by atoms with Crippen molar-refractivity contribution in [3.63, 3.8) is 0 Å². The van der Waals surface area contributed by atoms with Gasteiger partial charge in [0.15, 0.2) is 6.23 Å². The van der Waals surface area contributed by atoms with Crippen LogP contribution in [-0.2, 0) is 18.9 Å². The lowest BCUT2D eigenvalue weighted by atomic mass is 10.4. The highest BCUT2D eigenvalue weighted by molar-refractivity contribution is 5.78. The summed E-state index contributed by atoms with van der Waals surface area (Å²) in [6, 6.07) is 0. The van der Waals surface area contributed by atoms with Gasteiger partial charge in [-0.3, -0.25) is 9.36 Å². The van der Waals surface area contributed by atoms with Gasteiger partial charge < -0.3 is 18.9 Å². The van der Waals surface area contributed by atoms with E-state index in [0.29, 0.717) is 33.0 Å². The molecule has 0 bridgehead atoms. The third-order valence-electron chi connectivity index (χ3n) is 2.81. The topological polar surface area (TPSA) is 121 Å². The summed E-state index contributed by atoms with van der Waals surface area (Å²) >= 11 is 0. The predicted molar refractivity (Wildman–Crippen MR) is 84.5 cm³/mol. The van der Waals surface area contributed by atoms with Crippen LogP contribution in [0.4, 0.5) is 0 Å². The molecule has 1 aromatic heterocycles. The maximum Gasteiger partial charge on any atom is 0.234 e. The van der Waals surface area contributed by atoms with Gasteiger partial charge in [-0.25, -0.2) is 4.98 Å². The van der Waals surface area contributed by atoms with Crippen LogP contribution in [0.15, 0.2) is 23.8 Å². The van der Waals surface area contributed by atoms with E-state index in [1.807, 2.05) is 6.92 Å². The van der Waals surface area contributed by atoms with Crippen molar-refractivity contribution < 1.29 is 23.7 Å². The van der Waals surface area contributed by atoms with Crippen LogP contribution in [0, 0.1) is 0 Å². The van der Waals surface area contributed by atoms with Crippen LogP contribution < -0.4 is 0 Å². The second kappa shape index (κ2) is 13.5. The average Bonchev–Trinajstić information content (AvgIpc) is 3.11. The lowest BCUT2D eigenvalue weighted by Gasteiger charge is -2.13. The van der Waals surface area contributed by atoms with E-state index in [1.165, 1.54) is 17.1 Å². The summed E-state index contributed by atoms with van der Waals surface area (Å²) in [4.78, 5) is 18.2. The second-order valence-corrected chi connectivity index (χ2v) is 4.53. The fourth-order valence-corrected chi connectivity index (χ4v) is 1.66. The minimum atomic E-state index is -0.783. The highest BCUT2D eigenvalue weighted by Gasteiger charge is 2.09. The highest BCUT2D eigenvalue weighted by Crippen LogP contribution is 2.00. The van der Waals surface area contributed by atoms with E-state index in [-0.39, 0.29) is 25.5 Å². The number of imidazole rings is 1. The molecule has 0 N–H and O–H groups in total. The molecule has 1 atom stereocenters. The van der Waals surface area contributed by atoms with E-state index in [1.54, 1.807) is 6.20 Å².